The molecule has 2 nitrogen and oxygen atoms in total. The largest absolute Gasteiger partial charge is 0.391 e. The number of hydrogen-bond acceptors (Lipinski definition) is 1. The van der Waals surface area contributed by atoms with Gasteiger partial charge in [0.25, 0.3) is 0 Å². The standard InChI is InChI=1S/C19H42NO/c1-4-6-8-9-10-11-12-13-14-15-17-20(3,18-19-21)16-7-5-2/h21H,4-19H2,1-3H3/q+1. The molecular formula is C19H42NO+. The number of hydrogen-bond donors (Lipinski definition) is 1. The van der Waals surface area contributed by atoms with E-state index in [1.54, 1.807) is 0 Å². The van der Waals surface area contributed by atoms with Crippen LogP contribution in [-0.2, 0) is 0 Å². The Kier molecular flexibility index (Phi) is 14.8. The zero-order valence-corrected chi connectivity index (χ0v) is 15.2. The van der Waals surface area contributed by atoms with Gasteiger partial charge < -0.3 is 9.59 Å². The summed E-state index contributed by atoms with van der Waals surface area (Å²) in [6, 6.07) is 0. The second-order valence-electron chi connectivity index (χ2n) is 7.05. The lowest BCUT2D eigenvalue weighted by Gasteiger charge is -2.34. The fourth-order valence-electron chi connectivity index (χ4n) is 3.10. The van der Waals surface area contributed by atoms with Crippen molar-refractivity contribution in [2.24, 2.45) is 0 Å². The van der Waals surface area contributed by atoms with Crippen LogP contribution in [0.15, 0.2) is 0 Å². The molecule has 0 aromatic rings. The van der Waals surface area contributed by atoms with Crippen molar-refractivity contribution in [1.29, 1.82) is 0 Å². The van der Waals surface area contributed by atoms with Crippen LogP contribution in [0.1, 0.15) is 90.9 Å². The van der Waals surface area contributed by atoms with Crippen molar-refractivity contribution in [1.82, 2.24) is 0 Å². The molecule has 0 aromatic heterocycles. The molecule has 21 heavy (non-hydrogen) atoms. The van der Waals surface area contributed by atoms with E-state index < -0.39 is 0 Å². The monoisotopic (exact) mass is 300 g/mol. The molecule has 1 atom stereocenters. The molecular weight excluding hydrogens is 258 g/mol. The van der Waals surface area contributed by atoms with E-state index in [4.69, 9.17) is 0 Å². The minimum atomic E-state index is 0.331. The van der Waals surface area contributed by atoms with E-state index in [0.29, 0.717) is 6.61 Å². The van der Waals surface area contributed by atoms with Crippen LogP contribution in [0.4, 0.5) is 0 Å². The van der Waals surface area contributed by atoms with Gasteiger partial charge >= 0.3 is 0 Å². The number of quaternary nitrogens is 1. The predicted octanol–water partition coefficient (Wildman–Crippen LogP) is 5.15. The van der Waals surface area contributed by atoms with Crippen LogP contribution in [0, 0.1) is 0 Å². The molecule has 1 unspecified atom stereocenters. The van der Waals surface area contributed by atoms with Crippen molar-refractivity contribution in [2.75, 3.05) is 33.3 Å². The Morgan fingerprint density at radius 3 is 1.48 bits per heavy atom. The highest BCUT2D eigenvalue weighted by Crippen LogP contribution is 2.13. The predicted molar refractivity (Wildman–Crippen MR) is 94.6 cm³/mol. The maximum Gasteiger partial charge on any atom is 0.102 e. The average molecular weight is 301 g/mol. The average Bonchev–Trinajstić information content (AvgIpc) is 2.47. The van der Waals surface area contributed by atoms with E-state index in [1.807, 2.05) is 0 Å². The summed E-state index contributed by atoms with van der Waals surface area (Å²) in [6.07, 6.45) is 16.6. The lowest BCUT2D eigenvalue weighted by molar-refractivity contribution is -0.910. The zero-order chi connectivity index (χ0) is 15.8. The van der Waals surface area contributed by atoms with Crippen molar-refractivity contribution in [2.45, 2.75) is 90.9 Å². The molecule has 2 heteroatoms. The van der Waals surface area contributed by atoms with Gasteiger partial charge in [0.2, 0.25) is 0 Å². The molecule has 0 bridgehead atoms. The van der Waals surface area contributed by atoms with E-state index in [9.17, 15) is 5.11 Å². The Bertz CT molecular complexity index is 208. The van der Waals surface area contributed by atoms with Crippen LogP contribution in [-0.4, -0.2) is 42.9 Å². The molecule has 0 amide bonds. The van der Waals surface area contributed by atoms with E-state index in [-0.39, 0.29) is 0 Å². The van der Waals surface area contributed by atoms with Crippen LogP contribution >= 0.6 is 0 Å². The SMILES string of the molecule is CCCCCCCCCCCC[N+](C)(CCO)CCCC. The van der Waals surface area contributed by atoms with Gasteiger partial charge in [0.05, 0.1) is 26.7 Å². The van der Waals surface area contributed by atoms with Gasteiger partial charge in [0.15, 0.2) is 0 Å². The smallest absolute Gasteiger partial charge is 0.102 e. The Balaban J connectivity index is 3.49. The summed E-state index contributed by atoms with van der Waals surface area (Å²) in [6.45, 7) is 8.27. The summed E-state index contributed by atoms with van der Waals surface area (Å²) in [4.78, 5) is 0. The highest BCUT2D eigenvalue weighted by Gasteiger charge is 2.19. The first-order chi connectivity index (χ1) is 10.2. The third-order valence-electron chi connectivity index (χ3n) is 4.74. The van der Waals surface area contributed by atoms with Crippen molar-refractivity contribution in [3.05, 3.63) is 0 Å². The molecule has 0 aliphatic rings. The van der Waals surface area contributed by atoms with Crippen molar-refractivity contribution < 1.29 is 9.59 Å². The number of aliphatic hydroxyl groups is 1. The number of unbranched alkanes of at least 4 members (excludes halogenated alkanes) is 10. The molecule has 0 saturated heterocycles. The van der Waals surface area contributed by atoms with Gasteiger partial charge in [-0.2, -0.15) is 0 Å². The molecule has 0 aliphatic heterocycles. The lowest BCUT2D eigenvalue weighted by Crippen LogP contribution is -2.47. The van der Waals surface area contributed by atoms with Gasteiger partial charge in [-0.05, 0) is 19.3 Å². The van der Waals surface area contributed by atoms with Gasteiger partial charge in [-0.3, -0.25) is 0 Å². The first kappa shape index (κ1) is 20.9. The quantitative estimate of drug-likeness (QED) is 0.309. The highest BCUT2D eigenvalue weighted by molar-refractivity contribution is 4.49. The fraction of sp³-hybridized carbons (Fsp3) is 1.00. The second-order valence-corrected chi connectivity index (χ2v) is 7.05. The number of aliphatic hydroxyl groups excluding tert-OH is 1. The maximum absolute atomic E-state index is 9.25. The van der Waals surface area contributed by atoms with Crippen molar-refractivity contribution in [3.63, 3.8) is 0 Å². The van der Waals surface area contributed by atoms with Crippen molar-refractivity contribution in [3.8, 4) is 0 Å². The normalized spacial score (nSPS) is 14.3. The van der Waals surface area contributed by atoms with Crippen LogP contribution in [0.25, 0.3) is 0 Å². The highest BCUT2D eigenvalue weighted by atomic mass is 16.3. The molecule has 0 rings (SSSR count). The first-order valence-electron chi connectivity index (χ1n) is 9.63. The minimum absolute atomic E-state index is 0.331. The molecule has 0 spiro atoms. The van der Waals surface area contributed by atoms with Crippen LogP contribution in [0.3, 0.4) is 0 Å². The van der Waals surface area contributed by atoms with Crippen LogP contribution in [0.5, 0.6) is 0 Å². The van der Waals surface area contributed by atoms with Gasteiger partial charge in [0, 0.05) is 0 Å². The Morgan fingerprint density at radius 1 is 0.571 bits per heavy atom. The molecule has 0 saturated carbocycles. The third-order valence-corrected chi connectivity index (χ3v) is 4.74. The Labute approximate surface area is 134 Å². The van der Waals surface area contributed by atoms with E-state index in [0.717, 1.165) is 11.0 Å². The minimum Gasteiger partial charge on any atom is -0.391 e. The Hall–Kier alpha value is -0.0800. The maximum atomic E-state index is 9.25. The van der Waals surface area contributed by atoms with Gasteiger partial charge in [0.1, 0.15) is 6.54 Å². The topological polar surface area (TPSA) is 20.2 Å². The molecule has 0 aromatic carbocycles. The van der Waals surface area contributed by atoms with Crippen molar-refractivity contribution >= 4 is 0 Å². The second kappa shape index (κ2) is 14.8. The molecule has 1 N–H and O–H groups in total. The Morgan fingerprint density at radius 2 is 1.00 bits per heavy atom. The summed E-state index contributed by atoms with van der Waals surface area (Å²) in [5.41, 5.74) is 0. The summed E-state index contributed by atoms with van der Waals surface area (Å²) in [5.74, 6) is 0. The first-order valence-corrected chi connectivity index (χ1v) is 9.63. The zero-order valence-electron chi connectivity index (χ0n) is 15.2. The van der Waals surface area contributed by atoms with Gasteiger partial charge in [-0.15, -0.1) is 0 Å². The third kappa shape index (κ3) is 13.3. The van der Waals surface area contributed by atoms with Crippen LogP contribution in [0.2, 0.25) is 0 Å². The van der Waals surface area contributed by atoms with E-state index >= 15 is 0 Å². The van der Waals surface area contributed by atoms with Gasteiger partial charge in [-0.25, -0.2) is 0 Å². The van der Waals surface area contributed by atoms with Gasteiger partial charge in [-0.1, -0.05) is 71.6 Å². The summed E-state index contributed by atoms with van der Waals surface area (Å²) >= 11 is 0. The molecule has 128 valence electrons. The van der Waals surface area contributed by atoms with E-state index in [2.05, 4.69) is 20.9 Å². The summed E-state index contributed by atoms with van der Waals surface area (Å²) < 4.78 is 1.07. The number of nitrogens with zero attached hydrogens (tertiary/aromatic N) is 1. The summed E-state index contributed by atoms with van der Waals surface area (Å²) in [7, 11) is 2.32. The number of rotatable bonds is 16. The molecule has 0 heterocycles. The fourth-order valence-corrected chi connectivity index (χ4v) is 3.10. The summed E-state index contributed by atoms with van der Waals surface area (Å²) in [5, 5.41) is 9.25. The molecule has 0 fully saturated rings. The lowest BCUT2D eigenvalue weighted by atomic mass is 10.1. The molecule has 0 aliphatic carbocycles. The van der Waals surface area contributed by atoms with E-state index in [1.165, 1.54) is 90.1 Å². The molecule has 0 radical (unpaired) electrons. The van der Waals surface area contributed by atoms with Crippen LogP contribution < -0.4 is 0 Å². The number of likely N-dealkylation sites (N-methyl/N-ethyl adjacent to an activating group) is 1.